The molecule has 0 spiro atoms. The van der Waals surface area contributed by atoms with Crippen LogP contribution in [0.15, 0.2) is 77.8 Å². The molecule has 1 unspecified atom stereocenters. The van der Waals surface area contributed by atoms with Crippen LogP contribution in [0.4, 0.5) is 5.69 Å². The molecule has 4 rings (SSSR count). The van der Waals surface area contributed by atoms with Gasteiger partial charge in [0.25, 0.3) is 0 Å². The molecule has 3 aromatic rings. The lowest BCUT2D eigenvalue weighted by molar-refractivity contribution is -0.144. The first kappa shape index (κ1) is 18.2. The number of hydrogen-bond acceptors (Lipinski definition) is 4. The quantitative estimate of drug-likeness (QED) is 0.593. The van der Waals surface area contributed by atoms with Crippen molar-refractivity contribution in [2.45, 2.75) is 25.3 Å². The van der Waals surface area contributed by atoms with E-state index in [4.69, 9.17) is 4.74 Å². The Kier molecular flexibility index (Phi) is 4.86. The van der Waals surface area contributed by atoms with Gasteiger partial charge >= 0.3 is 5.97 Å². The molecule has 0 aliphatic carbocycles. The summed E-state index contributed by atoms with van der Waals surface area (Å²) in [5, 5.41) is 2.42. The number of carbonyl (C=O) groups excluding carboxylic acids is 1. The van der Waals surface area contributed by atoms with Crippen molar-refractivity contribution in [1.29, 1.82) is 0 Å². The fraction of sp³-hybridized carbons (Fsp3) is 0.250. The van der Waals surface area contributed by atoms with E-state index in [0.717, 1.165) is 11.5 Å². The monoisotopic (exact) mass is 372 g/mol. The first-order valence-corrected chi connectivity index (χ1v) is 9.58. The minimum Gasteiger partial charge on any atom is -0.465 e. The maximum absolute atomic E-state index is 12.3. The van der Waals surface area contributed by atoms with Gasteiger partial charge in [0, 0.05) is 19.2 Å². The first-order valence-electron chi connectivity index (χ1n) is 9.58. The van der Waals surface area contributed by atoms with Crippen LogP contribution >= 0.6 is 0 Å². The molecule has 0 radical (unpaired) electrons. The van der Waals surface area contributed by atoms with E-state index < -0.39 is 5.54 Å². The number of nitrogens with zero attached hydrogens (tertiary/aromatic N) is 2. The van der Waals surface area contributed by atoms with E-state index in [0.29, 0.717) is 13.0 Å². The van der Waals surface area contributed by atoms with Gasteiger partial charge in [0.15, 0.2) is 0 Å². The first-order chi connectivity index (χ1) is 13.6. The number of carbonyl (C=O) groups is 1. The summed E-state index contributed by atoms with van der Waals surface area (Å²) in [6.45, 7) is 2.36. The number of amidine groups is 1. The molecule has 1 atom stereocenters. The zero-order valence-corrected chi connectivity index (χ0v) is 16.3. The van der Waals surface area contributed by atoms with Gasteiger partial charge in [-0.3, -0.25) is 9.79 Å². The smallest absolute Gasteiger partial charge is 0.308 e. The van der Waals surface area contributed by atoms with Crippen LogP contribution in [0, 0.1) is 0 Å². The minimum absolute atomic E-state index is 0.206. The van der Waals surface area contributed by atoms with Crippen LogP contribution in [0.25, 0.3) is 10.8 Å². The van der Waals surface area contributed by atoms with Crippen molar-refractivity contribution in [2.24, 2.45) is 4.99 Å². The van der Waals surface area contributed by atoms with Crippen molar-refractivity contribution in [3.05, 3.63) is 78.4 Å². The largest absolute Gasteiger partial charge is 0.465 e. The maximum atomic E-state index is 12.3. The van der Waals surface area contributed by atoms with Crippen LogP contribution in [0.1, 0.15) is 18.9 Å². The van der Waals surface area contributed by atoms with Gasteiger partial charge in [-0.1, -0.05) is 60.7 Å². The average Bonchev–Trinajstić information content (AvgIpc) is 3.38. The van der Waals surface area contributed by atoms with Crippen molar-refractivity contribution >= 4 is 28.3 Å². The van der Waals surface area contributed by atoms with Crippen molar-refractivity contribution in [1.82, 2.24) is 0 Å². The molecule has 0 amide bonds. The predicted octanol–water partition coefficient (Wildman–Crippen LogP) is 4.62. The number of ether oxygens (including phenoxy) is 1. The summed E-state index contributed by atoms with van der Waals surface area (Å²) in [4.78, 5) is 18.9. The second kappa shape index (κ2) is 7.47. The number of benzene rings is 3. The van der Waals surface area contributed by atoms with E-state index in [1.807, 2.05) is 67.4 Å². The maximum Gasteiger partial charge on any atom is 0.308 e. The molecule has 0 N–H and O–H groups in total. The number of rotatable bonds is 6. The Morgan fingerprint density at radius 3 is 2.54 bits per heavy atom. The zero-order chi connectivity index (χ0) is 19.6. The summed E-state index contributed by atoms with van der Waals surface area (Å²) in [7, 11) is 1.98. The van der Waals surface area contributed by atoms with Gasteiger partial charge in [-0.2, -0.15) is 0 Å². The molecule has 0 saturated carbocycles. The topological polar surface area (TPSA) is 41.9 Å². The van der Waals surface area contributed by atoms with Crippen molar-refractivity contribution in [3.8, 4) is 0 Å². The summed E-state index contributed by atoms with van der Waals surface area (Å²) in [5.41, 5.74) is 1.81. The zero-order valence-electron chi connectivity index (χ0n) is 16.3. The summed E-state index contributed by atoms with van der Waals surface area (Å²) in [6, 6.07) is 24.5. The van der Waals surface area contributed by atoms with Crippen LogP contribution in [-0.2, 0) is 16.0 Å². The number of anilines is 1. The van der Waals surface area contributed by atoms with Crippen molar-refractivity contribution < 1.29 is 9.53 Å². The molecule has 0 saturated heterocycles. The molecule has 1 aliphatic heterocycles. The van der Waals surface area contributed by atoms with E-state index in [-0.39, 0.29) is 12.4 Å². The summed E-state index contributed by atoms with van der Waals surface area (Å²) >= 11 is 0. The third-order valence-corrected chi connectivity index (χ3v) is 5.25. The van der Waals surface area contributed by atoms with Crippen LogP contribution in [0.3, 0.4) is 0 Å². The molecule has 1 aliphatic rings. The SMILES string of the molecule is CN(C1=NC1(C)CC(=O)OCCc1cccc2ccccc12)c1ccccc1. The molecule has 0 fully saturated rings. The Morgan fingerprint density at radius 1 is 1.00 bits per heavy atom. The molecule has 142 valence electrons. The lowest BCUT2D eigenvalue weighted by Crippen LogP contribution is -2.31. The van der Waals surface area contributed by atoms with E-state index in [2.05, 4.69) is 29.3 Å². The highest BCUT2D eigenvalue weighted by Crippen LogP contribution is 2.35. The Labute approximate surface area is 165 Å². The lowest BCUT2D eigenvalue weighted by Gasteiger charge is -2.18. The number of likely N-dealkylation sites (N-methyl/N-ethyl adjacent to an activating group) is 1. The molecule has 4 nitrogen and oxygen atoms in total. The molecular weight excluding hydrogens is 348 g/mol. The highest BCUT2D eigenvalue weighted by molar-refractivity contribution is 6.14. The van der Waals surface area contributed by atoms with Crippen LogP contribution in [0.2, 0.25) is 0 Å². The predicted molar refractivity (Wildman–Crippen MR) is 114 cm³/mol. The van der Waals surface area contributed by atoms with Gasteiger partial charge in [0.05, 0.1) is 13.0 Å². The highest BCUT2D eigenvalue weighted by Gasteiger charge is 2.47. The van der Waals surface area contributed by atoms with Crippen LogP contribution < -0.4 is 4.90 Å². The van der Waals surface area contributed by atoms with Crippen molar-refractivity contribution in [2.75, 3.05) is 18.6 Å². The highest BCUT2D eigenvalue weighted by atomic mass is 16.5. The molecule has 3 aromatic carbocycles. The second-order valence-electron chi connectivity index (χ2n) is 7.39. The Morgan fingerprint density at radius 2 is 1.71 bits per heavy atom. The number of esters is 1. The number of aliphatic imine (C=N–C) groups is 1. The molecule has 28 heavy (non-hydrogen) atoms. The summed E-state index contributed by atoms with van der Waals surface area (Å²) in [5.74, 6) is 0.715. The summed E-state index contributed by atoms with van der Waals surface area (Å²) < 4.78 is 5.51. The second-order valence-corrected chi connectivity index (χ2v) is 7.39. The standard InChI is InChI=1S/C24H24N2O2/c1-24(23(25-24)26(2)20-12-4-3-5-13-20)17-22(27)28-16-15-19-11-8-10-18-9-6-7-14-21(18)19/h3-14H,15-17H2,1-2H3. The minimum atomic E-state index is -0.457. The molecular formula is C24H24N2O2. The van der Waals surface area contributed by atoms with E-state index in [1.54, 1.807) is 0 Å². The van der Waals surface area contributed by atoms with Gasteiger partial charge < -0.3 is 9.64 Å². The molecule has 1 heterocycles. The number of hydrogen-bond donors (Lipinski definition) is 0. The molecule has 0 aromatic heterocycles. The lowest BCUT2D eigenvalue weighted by atomic mass is 10.0. The summed E-state index contributed by atoms with van der Waals surface area (Å²) in [6.07, 6.45) is 0.983. The third kappa shape index (κ3) is 3.77. The molecule has 4 heteroatoms. The van der Waals surface area contributed by atoms with Crippen molar-refractivity contribution in [3.63, 3.8) is 0 Å². The Balaban J connectivity index is 1.29. The normalized spacial score (nSPS) is 17.9. The van der Waals surface area contributed by atoms with Gasteiger partial charge in [-0.25, -0.2) is 0 Å². The van der Waals surface area contributed by atoms with E-state index in [1.165, 1.54) is 16.3 Å². The average molecular weight is 372 g/mol. The number of para-hydroxylation sites is 1. The van der Waals surface area contributed by atoms with Crippen LogP contribution in [-0.4, -0.2) is 31.0 Å². The van der Waals surface area contributed by atoms with Crippen LogP contribution in [0.5, 0.6) is 0 Å². The third-order valence-electron chi connectivity index (χ3n) is 5.25. The Hall–Kier alpha value is -3.14. The Bertz CT molecular complexity index is 1020. The fourth-order valence-electron chi connectivity index (χ4n) is 3.65. The van der Waals surface area contributed by atoms with E-state index in [9.17, 15) is 4.79 Å². The fourth-order valence-corrected chi connectivity index (χ4v) is 3.65. The number of fused-ring (bicyclic) bond motifs is 1. The molecule has 0 bridgehead atoms. The van der Waals surface area contributed by atoms with Gasteiger partial charge in [-0.05, 0) is 35.4 Å². The van der Waals surface area contributed by atoms with Gasteiger partial charge in [0.2, 0.25) is 0 Å². The van der Waals surface area contributed by atoms with E-state index >= 15 is 0 Å². The van der Waals surface area contributed by atoms with Gasteiger partial charge in [-0.15, -0.1) is 0 Å². The van der Waals surface area contributed by atoms with Gasteiger partial charge in [0.1, 0.15) is 11.4 Å².